The third kappa shape index (κ3) is 3.82. The van der Waals surface area contributed by atoms with Gasteiger partial charge in [-0.05, 0) is 45.0 Å². The summed E-state index contributed by atoms with van der Waals surface area (Å²) in [5.74, 6) is 0.498. The number of nitrogens with one attached hydrogen (secondary N) is 2. The van der Waals surface area contributed by atoms with Gasteiger partial charge in [-0.3, -0.25) is 4.79 Å². The van der Waals surface area contributed by atoms with E-state index in [9.17, 15) is 4.79 Å². The minimum Gasteiger partial charge on any atom is -0.368 e. The largest absolute Gasteiger partial charge is 0.368 e. The molecular weight excluding hydrogens is 250 g/mol. The molecule has 0 aliphatic carbocycles. The molecule has 104 valence electrons. The molecule has 2 N–H and O–H groups in total. The van der Waals surface area contributed by atoms with Crippen molar-refractivity contribution < 1.29 is 4.79 Å². The number of amides is 1. The maximum Gasteiger partial charge on any atom is 0.274 e. The Bertz CT molecular complexity index is 591. The zero-order valence-electron chi connectivity index (χ0n) is 12.0. The van der Waals surface area contributed by atoms with Crippen molar-refractivity contribution in [3.63, 3.8) is 0 Å². The van der Waals surface area contributed by atoms with Crippen LogP contribution in [0.4, 0.5) is 11.5 Å². The third-order valence-corrected chi connectivity index (χ3v) is 2.73. The minimum atomic E-state index is -0.207. The lowest BCUT2D eigenvalue weighted by atomic mass is 10.2. The molecule has 0 atom stereocenters. The molecule has 0 saturated carbocycles. The van der Waals surface area contributed by atoms with Crippen molar-refractivity contribution in [3.8, 4) is 0 Å². The lowest BCUT2D eigenvalue weighted by Gasteiger charge is -2.10. The van der Waals surface area contributed by atoms with E-state index in [1.54, 1.807) is 6.07 Å². The van der Waals surface area contributed by atoms with Crippen molar-refractivity contribution in [1.82, 2.24) is 4.98 Å². The fourth-order valence-electron chi connectivity index (χ4n) is 1.77. The number of anilines is 2. The first-order valence-electron chi connectivity index (χ1n) is 6.66. The lowest BCUT2D eigenvalue weighted by molar-refractivity contribution is 0.102. The van der Waals surface area contributed by atoms with Gasteiger partial charge in [0.1, 0.15) is 11.5 Å². The normalized spacial score (nSPS) is 10.4. The maximum absolute atomic E-state index is 12.1. The molecule has 0 saturated heterocycles. The van der Waals surface area contributed by atoms with E-state index in [4.69, 9.17) is 0 Å². The molecule has 20 heavy (non-hydrogen) atoms. The number of aryl methyl sites for hydroxylation is 1. The van der Waals surface area contributed by atoms with Crippen molar-refractivity contribution in [1.29, 1.82) is 0 Å². The number of hydrogen-bond donors (Lipinski definition) is 2. The molecule has 1 aromatic heterocycles. The van der Waals surface area contributed by atoms with Gasteiger partial charge in [0.15, 0.2) is 0 Å². The summed E-state index contributed by atoms with van der Waals surface area (Å²) in [5.41, 5.74) is 2.32. The topological polar surface area (TPSA) is 54.0 Å². The van der Waals surface area contributed by atoms with Crippen molar-refractivity contribution in [2.75, 3.05) is 10.6 Å². The van der Waals surface area contributed by atoms with Crippen LogP contribution in [-0.4, -0.2) is 16.9 Å². The third-order valence-electron chi connectivity index (χ3n) is 2.73. The van der Waals surface area contributed by atoms with Crippen LogP contribution in [0.2, 0.25) is 0 Å². The SMILES string of the molecule is Cc1ccc(NC(=O)c2cccc(NC(C)C)n2)cc1. The van der Waals surface area contributed by atoms with E-state index in [0.717, 1.165) is 11.3 Å². The van der Waals surface area contributed by atoms with Gasteiger partial charge in [0.2, 0.25) is 0 Å². The fourth-order valence-corrected chi connectivity index (χ4v) is 1.77. The quantitative estimate of drug-likeness (QED) is 0.893. The van der Waals surface area contributed by atoms with Gasteiger partial charge >= 0.3 is 0 Å². The second-order valence-corrected chi connectivity index (χ2v) is 5.03. The highest BCUT2D eigenvalue weighted by atomic mass is 16.1. The standard InChI is InChI=1S/C16H19N3O/c1-11(2)17-15-6-4-5-14(19-15)16(20)18-13-9-7-12(3)8-10-13/h4-11H,1-3H3,(H,17,19)(H,18,20). The Morgan fingerprint density at radius 2 is 1.80 bits per heavy atom. The Morgan fingerprint density at radius 3 is 2.45 bits per heavy atom. The Hall–Kier alpha value is -2.36. The van der Waals surface area contributed by atoms with Crippen LogP contribution in [-0.2, 0) is 0 Å². The number of nitrogens with zero attached hydrogens (tertiary/aromatic N) is 1. The predicted molar refractivity (Wildman–Crippen MR) is 82.1 cm³/mol. The second kappa shape index (κ2) is 6.19. The second-order valence-electron chi connectivity index (χ2n) is 5.03. The van der Waals surface area contributed by atoms with Crippen LogP contribution in [0.5, 0.6) is 0 Å². The van der Waals surface area contributed by atoms with Gasteiger partial charge in [-0.2, -0.15) is 0 Å². The van der Waals surface area contributed by atoms with Crippen LogP contribution in [0, 0.1) is 6.92 Å². The molecule has 2 rings (SSSR count). The predicted octanol–water partition coefficient (Wildman–Crippen LogP) is 3.46. The average molecular weight is 269 g/mol. The van der Waals surface area contributed by atoms with Crippen LogP contribution >= 0.6 is 0 Å². The molecule has 0 fully saturated rings. The lowest BCUT2D eigenvalue weighted by Crippen LogP contribution is -2.16. The summed E-state index contributed by atoms with van der Waals surface area (Å²) in [7, 11) is 0. The molecule has 2 aromatic rings. The van der Waals surface area contributed by atoms with E-state index >= 15 is 0 Å². The maximum atomic E-state index is 12.1. The fraction of sp³-hybridized carbons (Fsp3) is 0.250. The van der Waals surface area contributed by atoms with Gasteiger partial charge in [0.05, 0.1) is 0 Å². The Morgan fingerprint density at radius 1 is 1.10 bits per heavy atom. The van der Waals surface area contributed by atoms with Crippen LogP contribution in [0.25, 0.3) is 0 Å². The van der Waals surface area contributed by atoms with Gasteiger partial charge in [-0.25, -0.2) is 4.98 Å². The molecule has 0 bridgehead atoms. The van der Waals surface area contributed by atoms with E-state index in [1.807, 2.05) is 57.2 Å². The Labute approximate surface area is 119 Å². The molecule has 0 unspecified atom stereocenters. The molecular formula is C16H19N3O. The van der Waals surface area contributed by atoms with Crippen molar-refractivity contribution >= 4 is 17.4 Å². The van der Waals surface area contributed by atoms with Crippen molar-refractivity contribution in [2.45, 2.75) is 26.8 Å². The number of carbonyl (C=O) groups is 1. The zero-order chi connectivity index (χ0) is 14.5. The van der Waals surface area contributed by atoms with Crippen LogP contribution in [0.15, 0.2) is 42.5 Å². The summed E-state index contributed by atoms with van der Waals surface area (Å²) in [6.45, 7) is 6.07. The van der Waals surface area contributed by atoms with Crippen LogP contribution < -0.4 is 10.6 Å². The molecule has 1 aromatic carbocycles. The van der Waals surface area contributed by atoms with Crippen molar-refractivity contribution in [3.05, 3.63) is 53.7 Å². The van der Waals surface area contributed by atoms with Crippen LogP contribution in [0.1, 0.15) is 29.9 Å². The Balaban J connectivity index is 2.10. The summed E-state index contributed by atoms with van der Waals surface area (Å²) in [6, 6.07) is 13.3. The van der Waals surface area contributed by atoms with E-state index in [0.29, 0.717) is 11.5 Å². The van der Waals surface area contributed by atoms with E-state index < -0.39 is 0 Å². The molecule has 4 nitrogen and oxygen atoms in total. The summed E-state index contributed by atoms with van der Waals surface area (Å²) < 4.78 is 0. The summed E-state index contributed by atoms with van der Waals surface area (Å²) in [6.07, 6.45) is 0. The van der Waals surface area contributed by atoms with Crippen LogP contribution in [0.3, 0.4) is 0 Å². The highest BCUT2D eigenvalue weighted by Crippen LogP contribution is 2.11. The molecule has 4 heteroatoms. The van der Waals surface area contributed by atoms with Gasteiger partial charge in [0, 0.05) is 11.7 Å². The Kier molecular flexibility index (Phi) is 4.35. The summed E-state index contributed by atoms with van der Waals surface area (Å²) in [5, 5.41) is 6.02. The number of hydrogen-bond acceptors (Lipinski definition) is 3. The first kappa shape index (κ1) is 14.1. The summed E-state index contributed by atoms with van der Waals surface area (Å²) >= 11 is 0. The molecule has 0 radical (unpaired) electrons. The zero-order valence-corrected chi connectivity index (χ0v) is 12.0. The highest BCUT2D eigenvalue weighted by molar-refractivity contribution is 6.03. The number of rotatable bonds is 4. The molecule has 0 aliphatic rings. The first-order chi connectivity index (χ1) is 9.54. The van der Waals surface area contributed by atoms with E-state index in [1.165, 1.54) is 0 Å². The first-order valence-corrected chi connectivity index (χ1v) is 6.66. The average Bonchev–Trinajstić information content (AvgIpc) is 2.41. The summed E-state index contributed by atoms with van der Waals surface area (Å²) in [4.78, 5) is 16.4. The monoisotopic (exact) mass is 269 g/mol. The number of pyridine rings is 1. The van der Waals surface area contributed by atoms with Gasteiger partial charge in [0.25, 0.3) is 5.91 Å². The molecule has 1 heterocycles. The van der Waals surface area contributed by atoms with Gasteiger partial charge < -0.3 is 10.6 Å². The minimum absolute atomic E-state index is 0.207. The number of aromatic nitrogens is 1. The van der Waals surface area contributed by atoms with Gasteiger partial charge in [-0.1, -0.05) is 23.8 Å². The van der Waals surface area contributed by atoms with E-state index in [2.05, 4.69) is 15.6 Å². The highest BCUT2D eigenvalue weighted by Gasteiger charge is 2.08. The molecule has 0 spiro atoms. The molecule has 1 amide bonds. The number of carbonyl (C=O) groups excluding carboxylic acids is 1. The van der Waals surface area contributed by atoms with Crippen molar-refractivity contribution in [2.24, 2.45) is 0 Å². The van der Waals surface area contributed by atoms with E-state index in [-0.39, 0.29) is 11.9 Å². The molecule has 0 aliphatic heterocycles. The number of benzene rings is 1. The van der Waals surface area contributed by atoms with Gasteiger partial charge in [-0.15, -0.1) is 0 Å². The smallest absolute Gasteiger partial charge is 0.274 e.